The van der Waals surface area contributed by atoms with Crippen molar-refractivity contribution in [2.75, 3.05) is 33.9 Å². The van der Waals surface area contributed by atoms with Crippen molar-refractivity contribution in [2.45, 2.75) is 53.0 Å². The first-order chi connectivity index (χ1) is 13.1. The standard InChI is InChI=1S/C21H35N3O3.HI/c1-6-21(10-9-11-21)15-24-20(22-7-2)23-14-16-12-17(25-4)19(27-8-3)18(13-16)26-5;/h12-13H,6-11,14-15H2,1-5H3,(H2,22,23,24);1H. The molecule has 160 valence electrons. The Balaban J connectivity index is 0.00000392. The molecule has 28 heavy (non-hydrogen) atoms. The SMILES string of the molecule is CCNC(=NCc1cc(OC)c(OCC)c(OC)c1)NCC1(CC)CCC1.I. The minimum atomic E-state index is 0. The molecule has 2 N–H and O–H groups in total. The fourth-order valence-electron chi connectivity index (χ4n) is 3.43. The molecule has 0 unspecified atom stereocenters. The molecule has 1 saturated carbocycles. The summed E-state index contributed by atoms with van der Waals surface area (Å²) in [7, 11) is 3.28. The van der Waals surface area contributed by atoms with Gasteiger partial charge in [0.1, 0.15) is 0 Å². The van der Waals surface area contributed by atoms with Crippen molar-refractivity contribution < 1.29 is 14.2 Å². The zero-order valence-corrected chi connectivity index (χ0v) is 20.2. The van der Waals surface area contributed by atoms with Gasteiger partial charge in [-0.1, -0.05) is 13.3 Å². The van der Waals surface area contributed by atoms with Crippen LogP contribution in [0.3, 0.4) is 0 Å². The smallest absolute Gasteiger partial charge is 0.203 e. The number of nitrogens with zero attached hydrogens (tertiary/aromatic N) is 1. The number of nitrogens with one attached hydrogen (secondary N) is 2. The minimum absolute atomic E-state index is 0. The summed E-state index contributed by atoms with van der Waals surface area (Å²) in [6, 6.07) is 3.92. The Hall–Kier alpha value is -1.38. The van der Waals surface area contributed by atoms with Gasteiger partial charge in [0, 0.05) is 13.1 Å². The summed E-state index contributed by atoms with van der Waals surface area (Å²) in [5.41, 5.74) is 1.46. The molecule has 1 fully saturated rings. The van der Waals surface area contributed by atoms with Gasteiger partial charge in [-0.2, -0.15) is 0 Å². The van der Waals surface area contributed by atoms with Gasteiger partial charge in [0.15, 0.2) is 17.5 Å². The molecule has 0 bridgehead atoms. The lowest BCUT2D eigenvalue weighted by molar-refractivity contribution is 0.131. The number of guanidine groups is 1. The minimum Gasteiger partial charge on any atom is -0.493 e. The van der Waals surface area contributed by atoms with E-state index < -0.39 is 0 Å². The first-order valence-corrected chi connectivity index (χ1v) is 10.0. The zero-order valence-electron chi connectivity index (χ0n) is 17.9. The second kappa shape index (κ2) is 12.2. The highest BCUT2D eigenvalue weighted by atomic mass is 127. The van der Waals surface area contributed by atoms with E-state index in [1.165, 1.54) is 25.7 Å². The third-order valence-corrected chi connectivity index (χ3v) is 5.37. The van der Waals surface area contributed by atoms with Crippen molar-refractivity contribution in [2.24, 2.45) is 10.4 Å². The Morgan fingerprint density at radius 1 is 1.07 bits per heavy atom. The van der Waals surface area contributed by atoms with E-state index in [4.69, 9.17) is 19.2 Å². The summed E-state index contributed by atoms with van der Waals surface area (Å²) in [5.74, 6) is 2.82. The summed E-state index contributed by atoms with van der Waals surface area (Å²) >= 11 is 0. The third-order valence-electron chi connectivity index (χ3n) is 5.37. The van der Waals surface area contributed by atoms with Gasteiger partial charge in [-0.15, -0.1) is 24.0 Å². The molecule has 2 rings (SSSR count). The molecule has 0 amide bonds. The second-order valence-corrected chi connectivity index (χ2v) is 7.02. The highest BCUT2D eigenvalue weighted by Gasteiger charge is 2.34. The molecule has 1 aliphatic carbocycles. The largest absolute Gasteiger partial charge is 0.493 e. The van der Waals surface area contributed by atoms with E-state index in [2.05, 4.69) is 24.5 Å². The Bertz CT molecular complexity index is 603. The van der Waals surface area contributed by atoms with Gasteiger partial charge in [-0.3, -0.25) is 0 Å². The van der Waals surface area contributed by atoms with Crippen molar-refractivity contribution in [3.8, 4) is 17.2 Å². The van der Waals surface area contributed by atoms with Crippen LogP contribution >= 0.6 is 24.0 Å². The Labute approximate surface area is 186 Å². The van der Waals surface area contributed by atoms with Crippen molar-refractivity contribution in [1.82, 2.24) is 10.6 Å². The number of halogens is 1. The van der Waals surface area contributed by atoms with Crippen LogP contribution in [-0.2, 0) is 6.54 Å². The predicted octanol–water partition coefficient (Wildman–Crippen LogP) is 4.36. The van der Waals surface area contributed by atoms with E-state index >= 15 is 0 Å². The molecule has 0 aromatic heterocycles. The quantitative estimate of drug-likeness (QED) is 0.281. The Morgan fingerprint density at radius 2 is 1.71 bits per heavy atom. The molecule has 1 aliphatic rings. The van der Waals surface area contributed by atoms with Crippen molar-refractivity contribution in [3.63, 3.8) is 0 Å². The first-order valence-electron chi connectivity index (χ1n) is 10.0. The molecule has 1 aromatic carbocycles. The van der Waals surface area contributed by atoms with Crippen molar-refractivity contribution >= 4 is 29.9 Å². The number of rotatable bonds is 10. The van der Waals surface area contributed by atoms with E-state index in [0.717, 1.165) is 24.6 Å². The van der Waals surface area contributed by atoms with E-state index in [1.54, 1.807) is 14.2 Å². The highest BCUT2D eigenvalue weighted by molar-refractivity contribution is 14.0. The van der Waals surface area contributed by atoms with E-state index in [1.807, 2.05) is 19.1 Å². The van der Waals surface area contributed by atoms with Gasteiger partial charge < -0.3 is 24.8 Å². The Morgan fingerprint density at radius 3 is 2.14 bits per heavy atom. The van der Waals surface area contributed by atoms with Gasteiger partial charge in [0.05, 0.1) is 27.4 Å². The summed E-state index contributed by atoms with van der Waals surface area (Å²) in [5, 5.41) is 6.86. The molecule has 1 aromatic rings. The average Bonchev–Trinajstić information content (AvgIpc) is 2.66. The fourth-order valence-corrected chi connectivity index (χ4v) is 3.43. The maximum atomic E-state index is 5.67. The molecular weight excluding hydrogens is 469 g/mol. The van der Waals surface area contributed by atoms with E-state index in [0.29, 0.717) is 35.8 Å². The number of aliphatic imine (C=N–C) groups is 1. The fraction of sp³-hybridized carbons (Fsp3) is 0.667. The topological polar surface area (TPSA) is 64.1 Å². The van der Waals surface area contributed by atoms with Crippen LogP contribution < -0.4 is 24.8 Å². The molecule has 6 nitrogen and oxygen atoms in total. The predicted molar refractivity (Wildman–Crippen MR) is 126 cm³/mol. The molecule has 0 radical (unpaired) electrons. The number of benzene rings is 1. The van der Waals surface area contributed by atoms with Crippen LogP contribution in [0, 0.1) is 5.41 Å². The van der Waals surface area contributed by atoms with Gasteiger partial charge in [-0.25, -0.2) is 4.99 Å². The highest BCUT2D eigenvalue weighted by Crippen LogP contribution is 2.43. The Kier molecular flexibility index (Phi) is 10.8. The summed E-state index contributed by atoms with van der Waals surface area (Å²) < 4.78 is 16.6. The number of ether oxygens (including phenoxy) is 3. The van der Waals surface area contributed by atoms with Crippen LogP contribution in [0.25, 0.3) is 0 Å². The van der Waals surface area contributed by atoms with Gasteiger partial charge in [-0.05, 0) is 56.2 Å². The monoisotopic (exact) mass is 505 g/mol. The maximum Gasteiger partial charge on any atom is 0.203 e. The first kappa shape index (κ1) is 24.7. The molecule has 0 aliphatic heterocycles. The van der Waals surface area contributed by atoms with Crippen LogP contribution in [0.15, 0.2) is 17.1 Å². The average molecular weight is 505 g/mol. The molecule has 0 atom stereocenters. The molecule has 7 heteroatoms. The summed E-state index contributed by atoms with van der Waals surface area (Å²) in [4.78, 5) is 4.75. The molecular formula is C21H36IN3O3. The van der Waals surface area contributed by atoms with Crippen molar-refractivity contribution in [1.29, 1.82) is 0 Å². The number of hydrogen-bond donors (Lipinski definition) is 2. The van der Waals surface area contributed by atoms with Gasteiger partial charge >= 0.3 is 0 Å². The van der Waals surface area contributed by atoms with Crippen molar-refractivity contribution in [3.05, 3.63) is 17.7 Å². The van der Waals surface area contributed by atoms with Crippen LogP contribution in [0.5, 0.6) is 17.2 Å². The van der Waals surface area contributed by atoms with Crippen LogP contribution in [0.2, 0.25) is 0 Å². The number of methoxy groups -OCH3 is 2. The van der Waals surface area contributed by atoms with Gasteiger partial charge in [0.25, 0.3) is 0 Å². The lowest BCUT2D eigenvalue weighted by Gasteiger charge is -2.41. The molecule has 0 spiro atoms. The van der Waals surface area contributed by atoms with Crippen LogP contribution in [0.4, 0.5) is 0 Å². The lowest BCUT2D eigenvalue weighted by Crippen LogP contribution is -2.46. The number of hydrogen-bond acceptors (Lipinski definition) is 4. The zero-order chi connectivity index (χ0) is 19.7. The second-order valence-electron chi connectivity index (χ2n) is 7.02. The van der Waals surface area contributed by atoms with E-state index in [9.17, 15) is 0 Å². The normalized spacial score (nSPS) is 15.1. The molecule has 0 saturated heterocycles. The lowest BCUT2D eigenvalue weighted by atomic mass is 9.67. The van der Waals surface area contributed by atoms with Crippen LogP contribution in [0.1, 0.15) is 52.0 Å². The van der Waals surface area contributed by atoms with Crippen LogP contribution in [-0.4, -0.2) is 39.9 Å². The third kappa shape index (κ3) is 6.32. The van der Waals surface area contributed by atoms with E-state index in [-0.39, 0.29) is 24.0 Å². The molecule has 0 heterocycles. The van der Waals surface area contributed by atoms with Gasteiger partial charge in [0.2, 0.25) is 5.75 Å². The summed E-state index contributed by atoms with van der Waals surface area (Å²) in [6.07, 6.45) is 5.17. The summed E-state index contributed by atoms with van der Waals surface area (Å²) in [6.45, 7) is 9.21. The maximum absolute atomic E-state index is 5.67.